The number of hydrogen-bond donors (Lipinski definition) is 1. The Morgan fingerprint density at radius 3 is 2.75 bits per heavy atom. The predicted octanol–water partition coefficient (Wildman–Crippen LogP) is 2.41. The van der Waals surface area contributed by atoms with Crippen LogP contribution in [0.15, 0.2) is 46.2 Å². The highest BCUT2D eigenvalue weighted by molar-refractivity contribution is 7.89. The molecule has 0 aliphatic carbocycles. The lowest BCUT2D eigenvalue weighted by Crippen LogP contribution is -2.50. The van der Waals surface area contributed by atoms with Crippen molar-refractivity contribution in [2.24, 2.45) is 10.7 Å². The molecular formula is C17H16FN5O3S2. The summed E-state index contributed by atoms with van der Waals surface area (Å²) in [7, 11) is -2.36. The van der Waals surface area contributed by atoms with E-state index >= 15 is 0 Å². The Morgan fingerprint density at radius 1 is 1.32 bits per heavy atom. The van der Waals surface area contributed by atoms with Gasteiger partial charge in [-0.2, -0.15) is 4.98 Å². The molecule has 28 heavy (non-hydrogen) atoms. The zero-order chi connectivity index (χ0) is 20.1. The van der Waals surface area contributed by atoms with Crippen LogP contribution in [-0.4, -0.2) is 41.6 Å². The molecule has 4 rings (SSSR count). The van der Waals surface area contributed by atoms with Gasteiger partial charge in [-0.25, -0.2) is 22.1 Å². The Morgan fingerprint density at radius 2 is 2.07 bits per heavy atom. The van der Waals surface area contributed by atoms with Crippen LogP contribution in [-0.2, 0) is 15.6 Å². The van der Waals surface area contributed by atoms with Crippen LogP contribution in [0.2, 0.25) is 0 Å². The van der Waals surface area contributed by atoms with Crippen molar-refractivity contribution in [2.75, 3.05) is 12.8 Å². The Kier molecular flexibility index (Phi) is 4.23. The Balaban J connectivity index is 1.77. The van der Waals surface area contributed by atoms with Crippen molar-refractivity contribution in [1.82, 2.24) is 14.4 Å². The molecule has 146 valence electrons. The monoisotopic (exact) mass is 421 g/mol. The normalized spacial score (nSPS) is 21.5. The third-order valence-electron chi connectivity index (χ3n) is 4.51. The first kappa shape index (κ1) is 18.6. The van der Waals surface area contributed by atoms with E-state index in [4.69, 9.17) is 10.3 Å². The number of rotatable bonds is 3. The Bertz CT molecular complexity index is 1170. The van der Waals surface area contributed by atoms with Gasteiger partial charge in [0.15, 0.2) is 0 Å². The maximum absolute atomic E-state index is 14.8. The summed E-state index contributed by atoms with van der Waals surface area (Å²) in [4.78, 5) is 9.12. The van der Waals surface area contributed by atoms with Gasteiger partial charge in [0.1, 0.15) is 11.4 Å². The number of guanidine groups is 1. The minimum absolute atomic E-state index is 0.165. The molecule has 1 aromatic carbocycles. The summed E-state index contributed by atoms with van der Waals surface area (Å²) < 4.78 is 45.2. The quantitative estimate of drug-likeness (QED) is 0.694. The summed E-state index contributed by atoms with van der Waals surface area (Å²) >= 11 is 1.14. The number of sulfonamides is 1. The van der Waals surface area contributed by atoms with Gasteiger partial charge in [0.2, 0.25) is 28.2 Å². The molecule has 8 nitrogen and oxygen atoms in total. The predicted molar refractivity (Wildman–Crippen MR) is 104 cm³/mol. The van der Waals surface area contributed by atoms with Crippen molar-refractivity contribution in [2.45, 2.75) is 12.5 Å². The third kappa shape index (κ3) is 3.06. The maximum Gasteiger partial charge on any atom is 0.239 e. The summed E-state index contributed by atoms with van der Waals surface area (Å²) in [6.45, 7) is 1.57. The van der Waals surface area contributed by atoms with E-state index in [0.717, 1.165) is 26.8 Å². The molecule has 3 heterocycles. The summed E-state index contributed by atoms with van der Waals surface area (Å²) in [6, 6.07) is 8.62. The number of nitrogens with zero attached hydrogens (tertiary/aromatic N) is 4. The molecule has 0 bridgehead atoms. The standard InChI is InChI=1S/C17H16FN5O3S2/c1-17(8-28(24,25)23(2)16(19)21-17)14-12(18)7-13(27-14)10-4-3-5-11(6-10)15-20-9-26-22-15/h3-7,9H,8H2,1-2H3,(H2,19,21)/t17-/m0/s1. The number of aliphatic imine (C=N–C) groups is 1. The van der Waals surface area contributed by atoms with E-state index in [1.54, 1.807) is 13.0 Å². The van der Waals surface area contributed by atoms with Crippen LogP contribution in [0, 0.1) is 5.82 Å². The number of nitrogens with two attached hydrogens (primary N) is 1. The number of halogens is 1. The molecule has 3 aromatic rings. The van der Waals surface area contributed by atoms with Crippen molar-refractivity contribution in [3.8, 4) is 21.8 Å². The minimum Gasteiger partial charge on any atom is -0.369 e. The summed E-state index contributed by atoms with van der Waals surface area (Å²) in [5.41, 5.74) is 5.93. The molecule has 0 spiro atoms. The second-order valence-electron chi connectivity index (χ2n) is 6.59. The zero-order valence-corrected chi connectivity index (χ0v) is 16.6. The van der Waals surface area contributed by atoms with Gasteiger partial charge in [-0.05, 0) is 24.6 Å². The van der Waals surface area contributed by atoms with Crippen LogP contribution in [0.25, 0.3) is 21.8 Å². The molecule has 0 radical (unpaired) electrons. The summed E-state index contributed by atoms with van der Waals surface area (Å²) in [6.07, 6.45) is 1.23. The van der Waals surface area contributed by atoms with Crippen molar-refractivity contribution in [3.05, 3.63) is 47.4 Å². The van der Waals surface area contributed by atoms with Gasteiger partial charge >= 0.3 is 0 Å². The van der Waals surface area contributed by atoms with Crippen molar-refractivity contribution in [3.63, 3.8) is 0 Å². The average Bonchev–Trinajstić information content (AvgIpc) is 3.29. The van der Waals surface area contributed by atoms with Crippen LogP contribution in [0.3, 0.4) is 0 Å². The molecule has 0 saturated heterocycles. The van der Waals surface area contributed by atoms with Crippen LogP contribution < -0.4 is 5.73 Å². The largest absolute Gasteiger partial charge is 0.369 e. The fraction of sp³-hybridized carbons (Fsp3) is 0.235. The number of aromatic nitrogens is 2. The van der Waals surface area contributed by atoms with Gasteiger partial charge in [-0.3, -0.25) is 0 Å². The molecule has 2 aromatic heterocycles. The summed E-state index contributed by atoms with van der Waals surface area (Å²) in [5.74, 6) is -0.632. The molecule has 1 aliphatic heterocycles. The van der Waals surface area contributed by atoms with Gasteiger partial charge in [0, 0.05) is 17.5 Å². The number of hydrogen-bond acceptors (Lipinski definition) is 8. The molecule has 2 N–H and O–H groups in total. The highest BCUT2D eigenvalue weighted by Gasteiger charge is 2.42. The van der Waals surface area contributed by atoms with Gasteiger partial charge in [0.25, 0.3) is 0 Å². The lowest BCUT2D eigenvalue weighted by Gasteiger charge is -2.33. The molecular weight excluding hydrogens is 405 g/mol. The minimum atomic E-state index is -3.68. The highest BCUT2D eigenvalue weighted by atomic mass is 32.2. The van der Waals surface area contributed by atoms with Crippen molar-refractivity contribution < 1.29 is 17.3 Å². The zero-order valence-electron chi connectivity index (χ0n) is 15.0. The van der Waals surface area contributed by atoms with E-state index in [1.807, 2.05) is 18.2 Å². The van der Waals surface area contributed by atoms with E-state index in [-0.39, 0.29) is 16.6 Å². The van der Waals surface area contributed by atoms with E-state index < -0.39 is 21.4 Å². The van der Waals surface area contributed by atoms with Crippen LogP contribution >= 0.6 is 11.3 Å². The second-order valence-corrected chi connectivity index (χ2v) is 9.64. The lowest BCUT2D eigenvalue weighted by molar-refractivity contribution is 0.419. The molecule has 0 unspecified atom stereocenters. The van der Waals surface area contributed by atoms with Gasteiger partial charge < -0.3 is 10.3 Å². The lowest BCUT2D eigenvalue weighted by atomic mass is 10.0. The molecule has 11 heteroatoms. The Labute approximate surface area is 164 Å². The van der Waals surface area contributed by atoms with Crippen molar-refractivity contribution in [1.29, 1.82) is 0 Å². The van der Waals surface area contributed by atoms with E-state index in [1.165, 1.54) is 19.5 Å². The SMILES string of the molecule is CN1C(N)=N[C@](C)(c2sc(-c3cccc(-c4ncon4)c3)cc2F)CS1(=O)=O. The van der Waals surface area contributed by atoms with Gasteiger partial charge in [-0.15, -0.1) is 11.3 Å². The highest BCUT2D eigenvalue weighted by Crippen LogP contribution is 2.41. The van der Waals surface area contributed by atoms with E-state index in [0.29, 0.717) is 10.7 Å². The first-order valence-corrected chi connectivity index (χ1v) is 10.6. The van der Waals surface area contributed by atoms with Crippen molar-refractivity contribution >= 4 is 27.3 Å². The Hall–Kier alpha value is -2.79. The van der Waals surface area contributed by atoms with Crippen LogP contribution in [0.4, 0.5) is 4.39 Å². The van der Waals surface area contributed by atoms with Crippen LogP contribution in [0.1, 0.15) is 11.8 Å². The molecule has 0 amide bonds. The summed E-state index contributed by atoms with van der Waals surface area (Å²) in [5, 5.41) is 3.80. The fourth-order valence-electron chi connectivity index (χ4n) is 3.05. The number of thiophene rings is 1. The molecule has 1 aliphatic rings. The van der Waals surface area contributed by atoms with Gasteiger partial charge in [0.05, 0.1) is 10.6 Å². The molecule has 0 fully saturated rings. The maximum atomic E-state index is 14.8. The first-order valence-electron chi connectivity index (χ1n) is 8.18. The van der Waals surface area contributed by atoms with E-state index in [9.17, 15) is 12.8 Å². The second kappa shape index (κ2) is 6.38. The van der Waals surface area contributed by atoms with Gasteiger partial charge in [-0.1, -0.05) is 23.4 Å². The molecule has 1 atom stereocenters. The number of benzene rings is 1. The third-order valence-corrected chi connectivity index (χ3v) is 7.87. The average molecular weight is 421 g/mol. The fourth-order valence-corrected chi connectivity index (χ4v) is 5.71. The first-order chi connectivity index (χ1) is 13.2. The topological polar surface area (TPSA) is 115 Å². The van der Waals surface area contributed by atoms with Crippen LogP contribution in [0.5, 0.6) is 0 Å². The van der Waals surface area contributed by atoms with E-state index in [2.05, 4.69) is 15.1 Å². The smallest absolute Gasteiger partial charge is 0.239 e. The molecule has 0 saturated carbocycles.